The lowest BCUT2D eigenvalue weighted by Crippen LogP contribution is -2.33. The van der Waals surface area contributed by atoms with Gasteiger partial charge in [-0.3, -0.25) is 4.79 Å². The lowest BCUT2D eigenvalue weighted by Gasteiger charge is -2.19. The molecule has 1 aromatic heterocycles. The SMILES string of the molecule is COCc1ncc(C)n1C1CCN(C(=O)COc2ccc(F)cc2)C1. The summed E-state index contributed by atoms with van der Waals surface area (Å²) in [4.78, 5) is 18.6. The van der Waals surface area contributed by atoms with Gasteiger partial charge in [-0.15, -0.1) is 0 Å². The molecule has 0 radical (unpaired) electrons. The number of halogens is 1. The van der Waals surface area contributed by atoms with E-state index in [1.807, 2.05) is 13.1 Å². The molecule has 2 aromatic rings. The van der Waals surface area contributed by atoms with E-state index in [1.54, 1.807) is 12.0 Å². The van der Waals surface area contributed by atoms with Crippen LogP contribution in [-0.2, 0) is 16.1 Å². The van der Waals surface area contributed by atoms with E-state index in [2.05, 4.69) is 9.55 Å². The Bertz CT molecular complexity index is 730. The first-order valence-corrected chi connectivity index (χ1v) is 8.26. The summed E-state index contributed by atoms with van der Waals surface area (Å²) in [6, 6.07) is 5.85. The van der Waals surface area contributed by atoms with Gasteiger partial charge in [-0.25, -0.2) is 9.37 Å². The van der Waals surface area contributed by atoms with Crippen molar-refractivity contribution in [3.8, 4) is 5.75 Å². The third-order valence-electron chi connectivity index (χ3n) is 4.39. The number of hydrogen-bond donors (Lipinski definition) is 0. The number of nitrogens with zero attached hydrogens (tertiary/aromatic N) is 3. The molecule has 1 fully saturated rings. The van der Waals surface area contributed by atoms with Crippen LogP contribution >= 0.6 is 0 Å². The van der Waals surface area contributed by atoms with Gasteiger partial charge in [0.2, 0.25) is 0 Å². The molecule has 3 rings (SSSR count). The van der Waals surface area contributed by atoms with Gasteiger partial charge in [-0.2, -0.15) is 0 Å². The molecular weight excluding hydrogens is 325 g/mol. The second-order valence-corrected chi connectivity index (χ2v) is 6.14. The van der Waals surface area contributed by atoms with Gasteiger partial charge in [0.05, 0.1) is 6.04 Å². The normalized spacial score (nSPS) is 17.1. The summed E-state index contributed by atoms with van der Waals surface area (Å²) in [5, 5.41) is 0. The third-order valence-corrected chi connectivity index (χ3v) is 4.39. The zero-order chi connectivity index (χ0) is 17.8. The standard InChI is InChI=1S/C18H22FN3O3/c1-13-9-20-17(11-24-2)22(13)15-7-8-21(10-15)18(23)12-25-16-5-3-14(19)4-6-16/h3-6,9,15H,7-8,10-12H2,1-2H3. The van der Waals surface area contributed by atoms with Crippen molar-refractivity contribution in [3.05, 3.63) is 47.8 Å². The number of rotatable bonds is 6. The quantitative estimate of drug-likeness (QED) is 0.805. The summed E-state index contributed by atoms with van der Waals surface area (Å²) < 4.78 is 25.7. The Morgan fingerprint density at radius 2 is 2.12 bits per heavy atom. The van der Waals surface area contributed by atoms with Crippen molar-refractivity contribution in [2.24, 2.45) is 0 Å². The van der Waals surface area contributed by atoms with E-state index >= 15 is 0 Å². The first kappa shape index (κ1) is 17.4. The van der Waals surface area contributed by atoms with Crippen molar-refractivity contribution in [2.75, 3.05) is 26.8 Å². The molecule has 1 unspecified atom stereocenters. The monoisotopic (exact) mass is 347 g/mol. The summed E-state index contributed by atoms with van der Waals surface area (Å²) in [5.41, 5.74) is 1.06. The van der Waals surface area contributed by atoms with E-state index in [-0.39, 0.29) is 24.4 Å². The average molecular weight is 347 g/mol. The zero-order valence-electron chi connectivity index (χ0n) is 14.4. The van der Waals surface area contributed by atoms with E-state index < -0.39 is 0 Å². The summed E-state index contributed by atoms with van der Waals surface area (Å²) >= 11 is 0. The Hall–Kier alpha value is -2.41. The predicted molar refractivity (Wildman–Crippen MR) is 89.8 cm³/mol. The second-order valence-electron chi connectivity index (χ2n) is 6.14. The highest BCUT2D eigenvalue weighted by Crippen LogP contribution is 2.25. The summed E-state index contributed by atoms with van der Waals surface area (Å²) in [6.07, 6.45) is 2.70. The minimum atomic E-state index is -0.330. The van der Waals surface area contributed by atoms with Gasteiger partial charge < -0.3 is 18.9 Å². The number of carbonyl (C=O) groups excluding carboxylic acids is 1. The molecule has 2 heterocycles. The van der Waals surface area contributed by atoms with Crippen LogP contribution in [0.3, 0.4) is 0 Å². The summed E-state index contributed by atoms with van der Waals surface area (Å²) in [7, 11) is 1.64. The van der Waals surface area contributed by atoms with Crippen LogP contribution in [0.4, 0.5) is 4.39 Å². The number of aromatic nitrogens is 2. The Morgan fingerprint density at radius 3 is 2.84 bits per heavy atom. The Morgan fingerprint density at radius 1 is 1.36 bits per heavy atom. The van der Waals surface area contributed by atoms with Crippen molar-refractivity contribution in [1.82, 2.24) is 14.5 Å². The van der Waals surface area contributed by atoms with E-state index in [1.165, 1.54) is 24.3 Å². The van der Waals surface area contributed by atoms with Crippen molar-refractivity contribution in [1.29, 1.82) is 0 Å². The molecule has 0 spiro atoms. The van der Waals surface area contributed by atoms with Crippen LogP contribution in [0, 0.1) is 12.7 Å². The highest BCUT2D eigenvalue weighted by atomic mass is 19.1. The number of ether oxygens (including phenoxy) is 2. The summed E-state index contributed by atoms with van der Waals surface area (Å²) in [5.74, 6) is 0.960. The van der Waals surface area contributed by atoms with Crippen LogP contribution < -0.4 is 4.74 Å². The number of carbonyl (C=O) groups is 1. The van der Waals surface area contributed by atoms with Crippen LogP contribution in [0.15, 0.2) is 30.5 Å². The Balaban J connectivity index is 1.58. The largest absolute Gasteiger partial charge is 0.484 e. The first-order chi connectivity index (χ1) is 12.1. The van der Waals surface area contributed by atoms with Gasteiger partial charge in [0.15, 0.2) is 6.61 Å². The molecule has 0 N–H and O–H groups in total. The second kappa shape index (κ2) is 7.65. The number of aryl methyl sites for hydroxylation is 1. The topological polar surface area (TPSA) is 56.6 Å². The highest BCUT2D eigenvalue weighted by Gasteiger charge is 2.29. The van der Waals surface area contributed by atoms with E-state index in [0.717, 1.165) is 17.9 Å². The van der Waals surface area contributed by atoms with Crippen LogP contribution in [0.5, 0.6) is 5.75 Å². The van der Waals surface area contributed by atoms with Gasteiger partial charge in [-0.05, 0) is 37.6 Å². The van der Waals surface area contributed by atoms with Crippen LogP contribution in [0.1, 0.15) is 24.0 Å². The molecule has 1 saturated heterocycles. The first-order valence-electron chi connectivity index (χ1n) is 8.26. The fourth-order valence-electron chi connectivity index (χ4n) is 3.18. The predicted octanol–water partition coefficient (Wildman–Crippen LogP) is 2.33. The molecule has 25 heavy (non-hydrogen) atoms. The number of hydrogen-bond acceptors (Lipinski definition) is 4. The van der Waals surface area contributed by atoms with Gasteiger partial charge in [0.1, 0.15) is 24.0 Å². The van der Waals surface area contributed by atoms with Crippen molar-refractivity contribution in [2.45, 2.75) is 26.0 Å². The molecule has 1 aromatic carbocycles. The lowest BCUT2D eigenvalue weighted by atomic mass is 10.2. The molecule has 1 amide bonds. The van der Waals surface area contributed by atoms with E-state index in [0.29, 0.717) is 25.4 Å². The maximum Gasteiger partial charge on any atom is 0.260 e. The number of imidazole rings is 1. The molecule has 6 nitrogen and oxygen atoms in total. The molecule has 0 saturated carbocycles. The number of methoxy groups -OCH3 is 1. The number of benzene rings is 1. The fourth-order valence-corrected chi connectivity index (χ4v) is 3.18. The van der Waals surface area contributed by atoms with Gasteiger partial charge >= 0.3 is 0 Å². The van der Waals surface area contributed by atoms with E-state index in [9.17, 15) is 9.18 Å². The number of amides is 1. The van der Waals surface area contributed by atoms with Gasteiger partial charge in [0, 0.05) is 32.1 Å². The molecule has 0 bridgehead atoms. The van der Waals surface area contributed by atoms with Crippen LogP contribution in [-0.4, -0.2) is 47.2 Å². The van der Waals surface area contributed by atoms with E-state index in [4.69, 9.17) is 9.47 Å². The lowest BCUT2D eigenvalue weighted by molar-refractivity contribution is -0.132. The van der Waals surface area contributed by atoms with Crippen molar-refractivity contribution in [3.63, 3.8) is 0 Å². The highest BCUT2D eigenvalue weighted by molar-refractivity contribution is 5.78. The number of likely N-dealkylation sites (tertiary alicyclic amines) is 1. The van der Waals surface area contributed by atoms with Gasteiger partial charge in [0.25, 0.3) is 5.91 Å². The smallest absolute Gasteiger partial charge is 0.260 e. The molecule has 7 heteroatoms. The molecule has 1 aliphatic rings. The third kappa shape index (κ3) is 3.99. The molecule has 0 aliphatic carbocycles. The molecule has 1 aliphatic heterocycles. The van der Waals surface area contributed by atoms with Gasteiger partial charge in [-0.1, -0.05) is 0 Å². The Labute approximate surface area is 146 Å². The molecule has 1 atom stereocenters. The maximum absolute atomic E-state index is 12.9. The maximum atomic E-state index is 12.9. The minimum absolute atomic E-state index is 0.0494. The van der Waals surface area contributed by atoms with Crippen LogP contribution in [0.2, 0.25) is 0 Å². The zero-order valence-corrected chi connectivity index (χ0v) is 14.4. The minimum Gasteiger partial charge on any atom is -0.484 e. The molecule has 134 valence electrons. The van der Waals surface area contributed by atoms with Crippen molar-refractivity contribution < 1.29 is 18.7 Å². The summed E-state index contributed by atoms with van der Waals surface area (Å²) in [6.45, 7) is 3.71. The Kier molecular flexibility index (Phi) is 5.33. The average Bonchev–Trinajstić information content (AvgIpc) is 3.21. The molecular formula is C18H22FN3O3. The van der Waals surface area contributed by atoms with Crippen LogP contribution in [0.25, 0.3) is 0 Å². The van der Waals surface area contributed by atoms with Crippen molar-refractivity contribution >= 4 is 5.91 Å². The fraction of sp³-hybridized carbons (Fsp3) is 0.444.